The Kier molecular flexibility index (Phi) is 2.83. The molecule has 60 valence electrons. The number of carbonyl (C=O) groups is 1. The Labute approximate surface area is 66.0 Å². The van der Waals surface area contributed by atoms with Gasteiger partial charge in [-0.2, -0.15) is 5.10 Å². The molecule has 0 unspecified atom stereocenters. The van der Waals surface area contributed by atoms with Gasteiger partial charge < -0.3 is 0 Å². The van der Waals surface area contributed by atoms with Gasteiger partial charge in [0.25, 0.3) is 0 Å². The van der Waals surface area contributed by atoms with Crippen molar-refractivity contribution in [1.29, 1.82) is 0 Å². The van der Waals surface area contributed by atoms with Crippen molar-refractivity contribution in [2.75, 3.05) is 0 Å². The molecule has 1 heterocycles. The van der Waals surface area contributed by atoms with Crippen molar-refractivity contribution in [3.63, 3.8) is 0 Å². The zero-order chi connectivity index (χ0) is 8.10. The molecule has 0 aliphatic carbocycles. The fourth-order valence-corrected chi connectivity index (χ4v) is 0.859. The second kappa shape index (κ2) is 3.91. The largest absolute Gasteiger partial charge is 0.273 e. The van der Waals surface area contributed by atoms with Crippen molar-refractivity contribution < 1.29 is 4.79 Å². The molecule has 0 fully saturated rings. The van der Waals surface area contributed by atoms with Gasteiger partial charge in [0.15, 0.2) is 0 Å². The molecular weight excluding hydrogens is 140 g/mol. The minimum Gasteiger partial charge on any atom is -0.273 e. The monoisotopic (exact) mass is 152 g/mol. The van der Waals surface area contributed by atoms with Gasteiger partial charge in [0.2, 0.25) is 5.91 Å². The number of hydrogen-bond acceptors (Lipinski definition) is 2. The van der Waals surface area contributed by atoms with E-state index in [0.29, 0.717) is 6.42 Å². The molecule has 1 aromatic heterocycles. The Bertz CT molecular complexity index is 216. The molecule has 0 aromatic carbocycles. The molecule has 0 aliphatic rings. The standard InChI is InChI=1S/C8H12N2O/c1-2-3-5-8(11)10-7-4-6-9-10/h4,6-7H,2-3,5H2,1H3. The Balaban J connectivity index is 2.43. The van der Waals surface area contributed by atoms with Gasteiger partial charge in [-0.25, -0.2) is 4.68 Å². The minimum atomic E-state index is 0.0804. The summed E-state index contributed by atoms with van der Waals surface area (Å²) in [4.78, 5) is 11.2. The molecule has 0 amide bonds. The molecule has 1 aromatic rings. The van der Waals surface area contributed by atoms with Gasteiger partial charge in [-0.3, -0.25) is 4.79 Å². The van der Waals surface area contributed by atoms with Crippen LogP contribution in [0.5, 0.6) is 0 Å². The molecule has 0 bridgehead atoms. The molecule has 11 heavy (non-hydrogen) atoms. The summed E-state index contributed by atoms with van der Waals surface area (Å²) in [5.74, 6) is 0.0804. The number of hydrogen-bond donors (Lipinski definition) is 0. The summed E-state index contributed by atoms with van der Waals surface area (Å²) in [7, 11) is 0. The highest BCUT2D eigenvalue weighted by atomic mass is 16.2. The molecule has 0 saturated carbocycles. The molecule has 3 nitrogen and oxygen atoms in total. The second-order valence-electron chi connectivity index (χ2n) is 2.45. The van der Waals surface area contributed by atoms with Crippen LogP contribution < -0.4 is 0 Å². The lowest BCUT2D eigenvalue weighted by Gasteiger charge is -1.96. The van der Waals surface area contributed by atoms with E-state index in [2.05, 4.69) is 12.0 Å². The van der Waals surface area contributed by atoms with E-state index in [1.54, 1.807) is 18.5 Å². The number of rotatable bonds is 3. The van der Waals surface area contributed by atoms with Gasteiger partial charge in [0, 0.05) is 18.8 Å². The third-order valence-electron chi connectivity index (χ3n) is 1.50. The number of carbonyl (C=O) groups excluding carboxylic acids is 1. The Morgan fingerprint density at radius 1 is 1.64 bits per heavy atom. The predicted octanol–water partition coefficient (Wildman–Crippen LogP) is 1.71. The van der Waals surface area contributed by atoms with Gasteiger partial charge in [0.05, 0.1) is 0 Å². The van der Waals surface area contributed by atoms with Crippen molar-refractivity contribution in [1.82, 2.24) is 9.78 Å². The summed E-state index contributed by atoms with van der Waals surface area (Å²) in [6.45, 7) is 2.07. The lowest BCUT2D eigenvalue weighted by molar-refractivity contribution is 0.0884. The Morgan fingerprint density at radius 2 is 2.45 bits per heavy atom. The van der Waals surface area contributed by atoms with E-state index in [1.807, 2.05) is 0 Å². The van der Waals surface area contributed by atoms with Gasteiger partial charge >= 0.3 is 0 Å². The van der Waals surface area contributed by atoms with Crippen molar-refractivity contribution in [3.8, 4) is 0 Å². The molecule has 3 heteroatoms. The maximum absolute atomic E-state index is 11.2. The van der Waals surface area contributed by atoms with Crippen molar-refractivity contribution in [3.05, 3.63) is 18.5 Å². The highest BCUT2D eigenvalue weighted by Gasteiger charge is 2.01. The highest BCUT2D eigenvalue weighted by Crippen LogP contribution is 1.97. The third-order valence-corrected chi connectivity index (χ3v) is 1.50. The van der Waals surface area contributed by atoms with E-state index >= 15 is 0 Å². The van der Waals surface area contributed by atoms with Crippen molar-refractivity contribution in [2.24, 2.45) is 0 Å². The molecule has 0 saturated heterocycles. The Hall–Kier alpha value is -1.12. The summed E-state index contributed by atoms with van der Waals surface area (Å²) >= 11 is 0. The first-order valence-corrected chi connectivity index (χ1v) is 3.87. The van der Waals surface area contributed by atoms with Crippen molar-refractivity contribution in [2.45, 2.75) is 26.2 Å². The zero-order valence-electron chi connectivity index (χ0n) is 6.66. The van der Waals surface area contributed by atoms with Gasteiger partial charge in [-0.15, -0.1) is 0 Å². The number of nitrogens with zero attached hydrogens (tertiary/aromatic N) is 2. The fourth-order valence-electron chi connectivity index (χ4n) is 0.859. The molecule has 0 atom stereocenters. The molecule has 1 rings (SSSR count). The lowest BCUT2D eigenvalue weighted by atomic mass is 10.2. The van der Waals surface area contributed by atoms with E-state index < -0.39 is 0 Å². The van der Waals surface area contributed by atoms with E-state index in [1.165, 1.54) is 4.68 Å². The summed E-state index contributed by atoms with van der Waals surface area (Å²) in [6, 6.07) is 1.75. The first kappa shape index (κ1) is 7.98. The van der Waals surface area contributed by atoms with Crippen LogP contribution in [-0.2, 0) is 0 Å². The van der Waals surface area contributed by atoms with Crippen LogP contribution in [0.15, 0.2) is 18.5 Å². The topological polar surface area (TPSA) is 34.9 Å². The maximum atomic E-state index is 11.2. The average Bonchev–Trinajstić information content (AvgIpc) is 2.52. The number of aromatic nitrogens is 2. The first-order chi connectivity index (χ1) is 5.34. The number of unbranched alkanes of at least 4 members (excludes halogenated alkanes) is 1. The van der Waals surface area contributed by atoms with Crippen LogP contribution in [0.25, 0.3) is 0 Å². The molecule has 0 radical (unpaired) electrons. The summed E-state index contributed by atoms with van der Waals surface area (Å²) in [5, 5.41) is 3.84. The van der Waals surface area contributed by atoms with Crippen LogP contribution >= 0.6 is 0 Å². The van der Waals surface area contributed by atoms with Crippen LogP contribution in [0.3, 0.4) is 0 Å². The van der Waals surface area contributed by atoms with E-state index in [-0.39, 0.29) is 5.91 Å². The summed E-state index contributed by atoms with van der Waals surface area (Å²) in [6.07, 6.45) is 5.88. The quantitative estimate of drug-likeness (QED) is 0.660. The zero-order valence-corrected chi connectivity index (χ0v) is 6.66. The molecule has 0 N–H and O–H groups in total. The first-order valence-electron chi connectivity index (χ1n) is 3.87. The van der Waals surface area contributed by atoms with E-state index in [0.717, 1.165) is 12.8 Å². The summed E-state index contributed by atoms with van der Waals surface area (Å²) in [5.41, 5.74) is 0. The summed E-state index contributed by atoms with van der Waals surface area (Å²) < 4.78 is 1.38. The van der Waals surface area contributed by atoms with Crippen LogP contribution in [0, 0.1) is 0 Å². The normalized spacial score (nSPS) is 9.91. The lowest BCUT2D eigenvalue weighted by Crippen LogP contribution is -2.10. The van der Waals surface area contributed by atoms with Crippen LogP contribution in [0.4, 0.5) is 0 Å². The molecular formula is C8H12N2O. The SMILES string of the molecule is CCCCC(=O)n1cccn1. The van der Waals surface area contributed by atoms with Gasteiger partial charge in [-0.1, -0.05) is 13.3 Å². The maximum Gasteiger partial charge on any atom is 0.246 e. The average molecular weight is 152 g/mol. The van der Waals surface area contributed by atoms with E-state index in [9.17, 15) is 4.79 Å². The molecule has 0 aliphatic heterocycles. The van der Waals surface area contributed by atoms with Crippen molar-refractivity contribution >= 4 is 5.91 Å². The minimum absolute atomic E-state index is 0.0804. The van der Waals surface area contributed by atoms with Gasteiger partial charge in [-0.05, 0) is 12.5 Å². The predicted molar refractivity (Wildman–Crippen MR) is 42.4 cm³/mol. The van der Waals surface area contributed by atoms with Crippen LogP contribution in [0.1, 0.15) is 31.0 Å². The highest BCUT2D eigenvalue weighted by molar-refractivity contribution is 5.77. The second-order valence-corrected chi connectivity index (χ2v) is 2.45. The molecule has 0 spiro atoms. The van der Waals surface area contributed by atoms with Gasteiger partial charge in [0.1, 0.15) is 0 Å². The van der Waals surface area contributed by atoms with E-state index in [4.69, 9.17) is 0 Å². The van der Waals surface area contributed by atoms with Crippen LogP contribution in [-0.4, -0.2) is 15.7 Å². The Morgan fingerprint density at radius 3 is 3.00 bits per heavy atom. The third kappa shape index (κ3) is 2.18. The van der Waals surface area contributed by atoms with Crippen LogP contribution in [0.2, 0.25) is 0 Å². The smallest absolute Gasteiger partial charge is 0.246 e. The fraction of sp³-hybridized carbons (Fsp3) is 0.500.